The Bertz CT molecular complexity index is 429. The van der Waals surface area contributed by atoms with Crippen LogP contribution in [-0.4, -0.2) is 0 Å². The quantitative estimate of drug-likeness (QED) is 0.510. The number of nitrogens with two attached hydrogens (primary N) is 1. The van der Waals surface area contributed by atoms with Crippen LogP contribution in [0.2, 0.25) is 0 Å². The van der Waals surface area contributed by atoms with Gasteiger partial charge in [0.05, 0.1) is 0 Å². The van der Waals surface area contributed by atoms with E-state index in [-0.39, 0.29) is 0 Å². The molecule has 0 fully saturated rings. The molecule has 2 N–H and O–H groups in total. The standard InChI is InChI=1S/C18H27N/c1-4-6-10-16(11-7-5-2)15(3)14-17-12-8-9-13-18(17)19/h4,6,8-9,12-14,16H,5,7,10-11,19H2,1-3H3/b6-4-,15-14+. The van der Waals surface area contributed by atoms with E-state index in [0.29, 0.717) is 5.92 Å². The molecular weight excluding hydrogens is 230 g/mol. The first kappa shape index (κ1) is 15.6. The van der Waals surface area contributed by atoms with Crippen LogP contribution in [0, 0.1) is 5.92 Å². The van der Waals surface area contributed by atoms with Gasteiger partial charge in [-0.3, -0.25) is 0 Å². The number of nitrogen functional groups attached to an aromatic ring is 1. The van der Waals surface area contributed by atoms with E-state index >= 15 is 0 Å². The number of hydrogen-bond acceptors (Lipinski definition) is 1. The van der Waals surface area contributed by atoms with Crippen molar-refractivity contribution < 1.29 is 0 Å². The predicted octanol–water partition coefficient (Wildman–Crippen LogP) is 5.44. The molecule has 0 aliphatic rings. The first-order chi connectivity index (χ1) is 9.19. The van der Waals surface area contributed by atoms with Crippen LogP contribution in [0.25, 0.3) is 6.08 Å². The van der Waals surface area contributed by atoms with Crippen molar-refractivity contribution >= 4 is 11.8 Å². The number of rotatable bonds is 7. The molecule has 1 heteroatoms. The van der Waals surface area contributed by atoms with Crippen molar-refractivity contribution in [1.29, 1.82) is 0 Å². The molecule has 19 heavy (non-hydrogen) atoms. The molecule has 1 nitrogen and oxygen atoms in total. The largest absolute Gasteiger partial charge is 0.398 e. The zero-order valence-electron chi connectivity index (χ0n) is 12.5. The summed E-state index contributed by atoms with van der Waals surface area (Å²) < 4.78 is 0. The average Bonchev–Trinajstić information content (AvgIpc) is 2.41. The Hall–Kier alpha value is -1.50. The van der Waals surface area contributed by atoms with E-state index in [2.05, 4.69) is 45.1 Å². The van der Waals surface area contributed by atoms with Crippen LogP contribution >= 0.6 is 0 Å². The van der Waals surface area contributed by atoms with Gasteiger partial charge in [-0.1, -0.05) is 61.8 Å². The van der Waals surface area contributed by atoms with Crippen molar-refractivity contribution in [2.75, 3.05) is 5.73 Å². The fraction of sp³-hybridized carbons (Fsp3) is 0.444. The molecule has 0 heterocycles. The lowest BCUT2D eigenvalue weighted by Gasteiger charge is -2.16. The summed E-state index contributed by atoms with van der Waals surface area (Å²) in [5, 5.41) is 0. The number of hydrogen-bond donors (Lipinski definition) is 1. The minimum atomic E-state index is 0.635. The molecule has 0 spiro atoms. The smallest absolute Gasteiger partial charge is 0.0387 e. The molecule has 0 saturated heterocycles. The lowest BCUT2D eigenvalue weighted by Crippen LogP contribution is -2.01. The summed E-state index contributed by atoms with van der Waals surface area (Å²) in [5.41, 5.74) is 9.45. The van der Waals surface area contributed by atoms with Crippen LogP contribution in [0.1, 0.15) is 52.0 Å². The lowest BCUT2D eigenvalue weighted by atomic mass is 9.90. The van der Waals surface area contributed by atoms with Crippen LogP contribution in [0.3, 0.4) is 0 Å². The molecular formula is C18H27N. The van der Waals surface area contributed by atoms with Crippen LogP contribution in [0.5, 0.6) is 0 Å². The van der Waals surface area contributed by atoms with Crippen LogP contribution in [-0.2, 0) is 0 Å². The van der Waals surface area contributed by atoms with Gasteiger partial charge in [-0.05, 0) is 44.2 Å². The third kappa shape index (κ3) is 5.34. The van der Waals surface area contributed by atoms with Crippen molar-refractivity contribution in [3.05, 3.63) is 47.6 Å². The Morgan fingerprint density at radius 2 is 2.05 bits per heavy atom. The van der Waals surface area contributed by atoms with Gasteiger partial charge < -0.3 is 5.73 Å². The number of allylic oxidation sites excluding steroid dienone is 3. The highest BCUT2D eigenvalue weighted by Gasteiger charge is 2.09. The molecule has 0 aromatic heterocycles. The van der Waals surface area contributed by atoms with Gasteiger partial charge in [-0.25, -0.2) is 0 Å². The molecule has 0 saturated carbocycles. The fourth-order valence-electron chi connectivity index (χ4n) is 2.29. The van der Waals surface area contributed by atoms with Crippen molar-refractivity contribution in [2.45, 2.75) is 46.5 Å². The third-order valence-corrected chi connectivity index (χ3v) is 3.59. The number of para-hydroxylation sites is 1. The Kier molecular flexibility index (Phi) is 7.02. The summed E-state index contributed by atoms with van der Waals surface area (Å²) in [6.45, 7) is 6.57. The summed E-state index contributed by atoms with van der Waals surface area (Å²) in [5.74, 6) is 0.635. The molecule has 0 aliphatic heterocycles. The summed E-state index contributed by atoms with van der Waals surface area (Å²) in [6.07, 6.45) is 11.6. The first-order valence-corrected chi connectivity index (χ1v) is 7.32. The zero-order chi connectivity index (χ0) is 14.1. The van der Waals surface area contributed by atoms with Gasteiger partial charge in [0.15, 0.2) is 0 Å². The molecule has 1 atom stereocenters. The molecule has 104 valence electrons. The zero-order valence-corrected chi connectivity index (χ0v) is 12.5. The highest BCUT2D eigenvalue weighted by atomic mass is 14.5. The molecule has 0 bridgehead atoms. The Morgan fingerprint density at radius 1 is 1.32 bits per heavy atom. The molecule has 1 rings (SSSR count). The van der Waals surface area contributed by atoms with Gasteiger partial charge in [-0.2, -0.15) is 0 Å². The van der Waals surface area contributed by atoms with Gasteiger partial charge >= 0.3 is 0 Å². The second-order valence-corrected chi connectivity index (χ2v) is 5.16. The van der Waals surface area contributed by atoms with E-state index in [1.807, 2.05) is 18.2 Å². The molecule has 1 unspecified atom stereocenters. The maximum atomic E-state index is 6.01. The molecule has 0 amide bonds. The molecule has 1 aromatic carbocycles. The highest BCUT2D eigenvalue weighted by Crippen LogP contribution is 2.25. The third-order valence-electron chi connectivity index (χ3n) is 3.59. The predicted molar refractivity (Wildman–Crippen MR) is 87.0 cm³/mol. The minimum Gasteiger partial charge on any atom is -0.398 e. The SMILES string of the molecule is C/C=C\CC(CCCC)/C(C)=C/c1ccccc1N. The summed E-state index contributed by atoms with van der Waals surface area (Å²) in [7, 11) is 0. The second-order valence-electron chi connectivity index (χ2n) is 5.16. The number of unbranched alkanes of at least 4 members (excludes halogenated alkanes) is 1. The van der Waals surface area contributed by atoms with Gasteiger partial charge in [0.2, 0.25) is 0 Å². The van der Waals surface area contributed by atoms with Crippen LogP contribution < -0.4 is 5.73 Å². The Morgan fingerprint density at radius 3 is 2.68 bits per heavy atom. The minimum absolute atomic E-state index is 0.635. The monoisotopic (exact) mass is 257 g/mol. The maximum Gasteiger partial charge on any atom is 0.0387 e. The van der Waals surface area contributed by atoms with Crippen LogP contribution in [0.4, 0.5) is 5.69 Å². The normalized spacial score (nSPS) is 13.9. The summed E-state index contributed by atoms with van der Waals surface area (Å²) >= 11 is 0. The van der Waals surface area contributed by atoms with Crippen molar-refractivity contribution in [3.63, 3.8) is 0 Å². The molecule has 0 radical (unpaired) electrons. The van der Waals surface area contributed by atoms with Gasteiger partial charge in [0.1, 0.15) is 0 Å². The average molecular weight is 257 g/mol. The molecule has 1 aromatic rings. The topological polar surface area (TPSA) is 26.0 Å². The summed E-state index contributed by atoms with van der Waals surface area (Å²) in [4.78, 5) is 0. The van der Waals surface area contributed by atoms with E-state index in [4.69, 9.17) is 5.73 Å². The fourth-order valence-corrected chi connectivity index (χ4v) is 2.29. The van der Waals surface area contributed by atoms with E-state index in [1.54, 1.807) is 0 Å². The summed E-state index contributed by atoms with van der Waals surface area (Å²) in [6, 6.07) is 8.08. The van der Waals surface area contributed by atoms with Gasteiger partial charge in [-0.15, -0.1) is 0 Å². The number of benzene rings is 1. The van der Waals surface area contributed by atoms with Crippen molar-refractivity contribution in [1.82, 2.24) is 0 Å². The van der Waals surface area contributed by atoms with E-state index in [0.717, 1.165) is 17.7 Å². The highest BCUT2D eigenvalue weighted by molar-refractivity contribution is 5.65. The molecule has 0 aliphatic carbocycles. The van der Waals surface area contributed by atoms with E-state index < -0.39 is 0 Å². The van der Waals surface area contributed by atoms with Crippen molar-refractivity contribution in [2.24, 2.45) is 5.92 Å². The van der Waals surface area contributed by atoms with Gasteiger partial charge in [0, 0.05) is 5.69 Å². The maximum absolute atomic E-state index is 6.01. The van der Waals surface area contributed by atoms with Gasteiger partial charge in [0.25, 0.3) is 0 Å². The van der Waals surface area contributed by atoms with E-state index in [1.165, 1.54) is 24.8 Å². The lowest BCUT2D eigenvalue weighted by molar-refractivity contribution is 0.537. The first-order valence-electron chi connectivity index (χ1n) is 7.32. The van der Waals surface area contributed by atoms with Crippen molar-refractivity contribution in [3.8, 4) is 0 Å². The Labute approximate surface area is 118 Å². The van der Waals surface area contributed by atoms with E-state index in [9.17, 15) is 0 Å². The Balaban J connectivity index is 2.84. The second kappa shape index (κ2) is 8.58. The van der Waals surface area contributed by atoms with Crippen LogP contribution in [0.15, 0.2) is 42.0 Å². The number of anilines is 1.